The molecule has 23 heavy (non-hydrogen) atoms. The van der Waals surface area contributed by atoms with Gasteiger partial charge < -0.3 is 5.32 Å². The maximum absolute atomic E-state index is 13.5. The molecule has 3 rings (SSSR count). The molecule has 0 unspecified atom stereocenters. The van der Waals surface area contributed by atoms with E-state index in [4.69, 9.17) is 0 Å². The van der Waals surface area contributed by atoms with E-state index in [-0.39, 0.29) is 17.8 Å². The van der Waals surface area contributed by atoms with Gasteiger partial charge in [-0.3, -0.25) is 9.89 Å². The minimum absolute atomic E-state index is 0.00658. The summed E-state index contributed by atoms with van der Waals surface area (Å²) < 4.78 is 13.5. The minimum Gasteiger partial charge on any atom is -0.349 e. The normalized spacial score (nSPS) is 16.9. The first-order valence-electron chi connectivity index (χ1n) is 8.12. The van der Waals surface area contributed by atoms with Gasteiger partial charge in [-0.2, -0.15) is 5.10 Å². The van der Waals surface area contributed by atoms with Crippen molar-refractivity contribution in [1.29, 1.82) is 0 Å². The van der Waals surface area contributed by atoms with E-state index >= 15 is 0 Å². The number of carbonyl (C=O) groups excluding carboxylic acids is 1. The van der Waals surface area contributed by atoms with Crippen LogP contribution in [-0.2, 0) is 17.6 Å². The van der Waals surface area contributed by atoms with Crippen molar-refractivity contribution in [3.05, 3.63) is 52.1 Å². The van der Waals surface area contributed by atoms with Crippen molar-refractivity contribution in [2.45, 2.75) is 52.0 Å². The van der Waals surface area contributed by atoms with E-state index in [2.05, 4.69) is 15.5 Å². The number of carbonyl (C=O) groups is 1. The van der Waals surface area contributed by atoms with Crippen molar-refractivity contribution in [1.82, 2.24) is 15.5 Å². The Hall–Kier alpha value is -2.17. The number of benzene rings is 1. The van der Waals surface area contributed by atoms with Gasteiger partial charge in [-0.15, -0.1) is 0 Å². The van der Waals surface area contributed by atoms with Gasteiger partial charge in [-0.25, -0.2) is 4.39 Å². The monoisotopic (exact) mass is 315 g/mol. The molecule has 5 heteroatoms. The zero-order valence-electron chi connectivity index (χ0n) is 13.6. The fraction of sp³-hybridized carbons (Fsp3) is 0.444. The molecule has 0 bridgehead atoms. The molecule has 4 nitrogen and oxygen atoms in total. The van der Waals surface area contributed by atoms with Gasteiger partial charge in [0.2, 0.25) is 5.91 Å². The first-order chi connectivity index (χ1) is 11.0. The largest absolute Gasteiger partial charge is 0.349 e. The molecular formula is C18H22FN3O. The van der Waals surface area contributed by atoms with E-state index < -0.39 is 0 Å². The summed E-state index contributed by atoms with van der Waals surface area (Å²) in [6.45, 7) is 3.91. The van der Waals surface area contributed by atoms with Gasteiger partial charge in [0.05, 0.1) is 11.7 Å². The van der Waals surface area contributed by atoms with E-state index in [0.29, 0.717) is 12.8 Å². The highest BCUT2D eigenvalue weighted by atomic mass is 19.1. The highest BCUT2D eigenvalue weighted by Gasteiger charge is 2.22. The minimum atomic E-state index is -0.241. The molecule has 1 amide bonds. The molecule has 1 heterocycles. The van der Waals surface area contributed by atoms with E-state index in [9.17, 15) is 9.18 Å². The molecule has 1 aromatic carbocycles. The van der Waals surface area contributed by atoms with E-state index in [1.165, 1.54) is 6.07 Å². The number of amides is 1. The predicted molar refractivity (Wildman–Crippen MR) is 86.6 cm³/mol. The van der Waals surface area contributed by atoms with Crippen LogP contribution in [0, 0.1) is 19.7 Å². The quantitative estimate of drug-likeness (QED) is 0.909. The molecule has 1 atom stereocenters. The van der Waals surface area contributed by atoms with Gasteiger partial charge in [0.1, 0.15) is 5.82 Å². The van der Waals surface area contributed by atoms with E-state index in [0.717, 1.165) is 47.3 Å². The van der Waals surface area contributed by atoms with Crippen LogP contribution in [0.15, 0.2) is 18.2 Å². The lowest BCUT2D eigenvalue weighted by molar-refractivity contribution is -0.121. The number of rotatable bonds is 4. The van der Waals surface area contributed by atoms with Crippen LogP contribution in [0.5, 0.6) is 0 Å². The first-order valence-corrected chi connectivity index (χ1v) is 8.12. The molecule has 0 saturated carbocycles. The lowest BCUT2D eigenvalue weighted by atomic mass is 9.87. The van der Waals surface area contributed by atoms with Crippen LogP contribution in [0.3, 0.4) is 0 Å². The fourth-order valence-electron chi connectivity index (χ4n) is 3.37. The maximum atomic E-state index is 13.5. The SMILES string of the molecule is Cc1n[nH]c(C)c1CCC(=O)N[C@@H]1CCCc2ccc(F)cc21. The molecule has 0 saturated heterocycles. The average molecular weight is 315 g/mol. The van der Waals surface area contributed by atoms with E-state index in [1.807, 2.05) is 19.9 Å². The second kappa shape index (κ2) is 6.52. The number of aromatic nitrogens is 2. The van der Waals surface area contributed by atoms with Gasteiger partial charge >= 0.3 is 0 Å². The summed E-state index contributed by atoms with van der Waals surface area (Å²) in [6.07, 6.45) is 3.93. The van der Waals surface area contributed by atoms with Crippen molar-refractivity contribution in [3.63, 3.8) is 0 Å². The summed E-state index contributed by atoms with van der Waals surface area (Å²) in [5, 5.41) is 10.2. The Labute approximate surface area is 135 Å². The highest BCUT2D eigenvalue weighted by molar-refractivity contribution is 5.77. The van der Waals surface area contributed by atoms with Gasteiger partial charge in [0.15, 0.2) is 0 Å². The smallest absolute Gasteiger partial charge is 0.220 e. The Morgan fingerprint density at radius 3 is 3.00 bits per heavy atom. The van der Waals surface area contributed by atoms with Crippen molar-refractivity contribution < 1.29 is 9.18 Å². The highest BCUT2D eigenvalue weighted by Crippen LogP contribution is 2.30. The summed E-state index contributed by atoms with van der Waals surface area (Å²) >= 11 is 0. The molecule has 1 aliphatic carbocycles. The van der Waals surface area contributed by atoms with Crippen LogP contribution in [0.4, 0.5) is 4.39 Å². The Balaban J connectivity index is 1.64. The number of nitrogens with zero attached hydrogens (tertiary/aromatic N) is 1. The molecule has 122 valence electrons. The molecule has 0 aliphatic heterocycles. The van der Waals surface area contributed by atoms with Crippen LogP contribution in [0.25, 0.3) is 0 Å². The molecular weight excluding hydrogens is 293 g/mol. The van der Waals surface area contributed by atoms with Crippen molar-refractivity contribution in [2.75, 3.05) is 0 Å². The molecule has 0 spiro atoms. The van der Waals surface area contributed by atoms with Crippen LogP contribution < -0.4 is 5.32 Å². The van der Waals surface area contributed by atoms with Crippen LogP contribution in [0.2, 0.25) is 0 Å². The summed E-state index contributed by atoms with van der Waals surface area (Å²) in [4.78, 5) is 12.3. The third-order valence-corrected chi connectivity index (χ3v) is 4.64. The summed E-state index contributed by atoms with van der Waals surface area (Å²) in [5.41, 5.74) is 5.14. The lowest BCUT2D eigenvalue weighted by Gasteiger charge is -2.26. The predicted octanol–water partition coefficient (Wildman–Crippen LogP) is 3.29. The topological polar surface area (TPSA) is 57.8 Å². The Morgan fingerprint density at radius 2 is 2.26 bits per heavy atom. The number of aryl methyl sites for hydroxylation is 3. The van der Waals surface area contributed by atoms with Gasteiger partial charge in [0.25, 0.3) is 0 Å². The third kappa shape index (κ3) is 3.44. The second-order valence-electron chi connectivity index (χ2n) is 6.27. The zero-order valence-corrected chi connectivity index (χ0v) is 13.6. The van der Waals surface area contributed by atoms with Crippen molar-refractivity contribution >= 4 is 5.91 Å². The van der Waals surface area contributed by atoms with Crippen molar-refractivity contribution in [3.8, 4) is 0 Å². The molecule has 1 aromatic heterocycles. The maximum Gasteiger partial charge on any atom is 0.220 e. The standard InChI is InChI=1S/C18H22FN3O/c1-11-15(12(2)22-21-11)8-9-18(23)20-17-5-3-4-13-6-7-14(19)10-16(13)17/h6-7,10,17H,3-5,8-9H2,1-2H3,(H,20,23)(H,21,22)/t17-/m1/s1. The summed E-state index contributed by atoms with van der Waals surface area (Å²) in [7, 11) is 0. The van der Waals surface area contributed by atoms with Crippen LogP contribution in [-0.4, -0.2) is 16.1 Å². The molecule has 2 aromatic rings. The van der Waals surface area contributed by atoms with Crippen LogP contribution in [0.1, 0.15) is 53.4 Å². The number of H-pyrrole nitrogens is 1. The Morgan fingerprint density at radius 1 is 1.43 bits per heavy atom. The van der Waals surface area contributed by atoms with Crippen LogP contribution >= 0.6 is 0 Å². The Kier molecular flexibility index (Phi) is 4.46. The number of halogens is 1. The lowest BCUT2D eigenvalue weighted by Crippen LogP contribution is -2.31. The first kappa shape index (κ1) is 15.7. The van der Waals surface area contributed by atoms with Crippen molar-refractivity contribution in [2.24, 2.45) is 0 Å². The molecule has 2 N–H and O–H groups in total. The summed E-state index contributed by atoms with van der Waals surface area (Å²) in [6, 6.07) is 4.81. The average Bonchev–Trinajstić information content (AvgIpc) is 2.84. The van der Waals surface area contributed by atoms with Gasteiger partial charge in [-0.05, 0) is 68.4 Å². The third-order valence-electron chi connectivity index (χ3n) is 4.64. The number of fused-ring (bicyclic) bond motifs is 1. The van der Waals surface area contributed by atoms with Gasteiger partial charge in [0, 0.05) is 12.1 Å². The van der Waals surface area contributed by atoms with E-state index in [1.54, 1.807) is 6.07 Å². The number of hydrogen-bond donors (Lipinski definition) is 2. The zero-order chi connectivity index (χ0) is 16.4. The number of hydrogen-bond acceptors (Lipinski definition) is 2. The molecule has 1 aliphatic rings. The van der Waals surface area contributed by atoms with Gasteiger partial charge in [-0.1, -0.05) is 6.07 Å². The fourth-order valence-corrected chi connectivity index (χ4v) is 3.37. The summed E-state index contributed by atoms with van der Waals surface area (Å²) in [5.74, 6) is -0.235. The molecule has 0 radical (unpaired) electrons. The number of aromatic amines is 1. The Bertz CT molecular complexity index is 704. The number of nitrogens with one attached hydrogen (secondary N) is 2. The second-order valence-corrected chi connectivity index (χ2v) is 6.27. The molecule has 0 fully saturated rings.